The molecule has 4 heterocycles. The van der Waals surface area contributed by atoms with Crippen LogP contribution < -0.4 is 10.6 Å². The summed E-state index contributed by atoms with van der Waals surface area (Å²) in [5, 5.41) is 17.2. The molecular formula is C15H24ClN7O2. The molecule has 10 heteroatoms. The van der Waals surface area contributed by atoms with Crippen LogP contribution in [-0.4, -0.2) is 68.6 Å². The number of amides is 2. The first kappa shape index (κ1) is 18.1. The van der Waals surface area contributed by atoms with Crippen LogP contribution in [0.3, 0.4) is 0 Å². The van der Waals surface area contributed by atoms with Crippen molar-refractivity contribution < 1.29 is 9.59 Å². The molecular weight excluding hydrogens is 346 g/mol. The van der Waals surface area contributed by atoms with Gasteiger partial charge in [-0.1, -0.05) is 0 Å². The van der Waals surface area contributed by atoms with Crippen molar-refractivity contribution >= 4 is 24.2 Å². The first-order chi connectivity index (χ1) is 11.7. The minimum atomic E-state index is -0.130. The highest BCUT2D eigenvalue weighted by atomic mass is 35.5. The van der Waals surface area contributed by atoms with Crippen LogP contribution in [0.25, 0.3) is 0 Å². The highest BCUT2D eigenvalue weighted by Gasteiger charge is 2.47. The van der Waals surface area contributed by atoms with Gasteiger partial charge in [0.15, 0.2) is 0 Å². The SMILES string of the molecule is Cl.O=C(Cn1cnnn1)NC[C@H]1[C@@H]2CNC[C@@H](C2)[C@@H]2CCCC(=O)N21. The smallest absolute Gasteiger partial charge is 0.241 e. The van der Waals surface area contributed by atoms with Gasteiger partial charge in [-0.15, -0.1) is 17.5 Å². The molecule has 0 aromatic carbocycles. The number of carbonyl (C=O) groups is 2. The molecule has 0 saturated carbocycles. The highest BCUT2D eigenvalue weighted by molar-refractivity contribution is 5.85. The van der Waals surface area contributed by atoms with E-state index in [2.05, 4.69) is 31.1 Å². The molecule has 2 N–H and O–H groups in total. The Bertz CT molecular complexity index is 611. The zero-order chi connectivity index (χ0) is 16.5. The number of nitrogens with one attached hydrogen (secondary N) is 2. The predicted octanol–water partition coefficient (Wildman–Crippen LogP) is -0.800. The van der Waals surface area contributed by atoms with Gasteiger partial charge in [0.2, 0.25) is 11.8 Å². The molecule has 0 aliphatic carbocycles. The summed E-state index contributed by atoms with van der Waals surface area (Å²) in [6.45, 7) is 2.52. The van der Waals surface area contributed by atoms with E-state index in [0.29, 0.717) is 30.8 Å². The van der Waals surface area contributed by atoms with Crippen molar-refractivity contribution in [1.29, 1.82) is 0 Å². The molecule has 3 fully saturated rings. The average Bonchev–Trinajstić information content (AvgIpc) is 3.08. The predicted molar refractivity (Wildman–Crippen MR) is 90.8 cm³/mol. The Kier molecular flexibility index (Phi) is 5.53. The second-order valence-electron chi connectivity index (χ2n) is 7.05. The number of halogens is 1. The number of carbonyl (C=O) groups excluding carboxylic acids is 2. The van der Waals surface area contributed by atoms with Crippen LogP contribution in [-0.2, 0) is 16.1 Å². The third-order valence-electron chi connectivity index (χ3n) is 5.61. The molecule has 3 aliphatic heterocycles. The molecule has 3 aliphatic rings. The molecule has 138 valence electrons. The summed E-state index contributed by atoms with van der Waals surface area (Å²) in [6, 6.07) is 0.418. The van der Waals surface area contributed by atoms with Gasteiger partial charge in [0.05, 0.1) is 6.04 Å². The number of nitrogens with zero attached hydrogens (tertiary/aromatic N) is 5. The Balaban J connectivity index is 0.00000182. The van der Waals surface area contributed by atoms with Gasteiger partial charge in [0.25, 0.3) is 0 Å². The third-order valence-corrected chi connectivity index (χ3v) is 5.61. The Morgan fingerprint density at radius 2 is 2.20 bits per heavy atom. The van der Waals surface area contributed by atoms with Crippen molar-refractivity contribution in [1.82, 2.24) is 35.7 Å². The first-order valence-electron chi connectivity index (χ1n) is 8.71. The Labute approximate surface area is 152 Å². The van der Waals surface area contributed by atoms with Crippen molar-refractivity contribution in [2.45, 2.75) is 44.3 Å². The summed E-state index contributed by atoms with van der Waals surface area (Å²) < 4.78 is 1.39. The van der Waals surface area contributed by atoms with Gasteiger partial charge in [0.1, 0.15) is 12.9 Å². The third kappa shape index (κ3) is 3.62. The van der Waals surface area contributed by atoms with Crippen LogP contribution in [0.4, 0.5) is 0 Å². The molecule has 4 rings (SSSR count). The standard InChI is InChI=1S/C15H23N7O2.ClH/c23-14(8-21-9-18-19-20-21)17-7-13-11-4-10(5-16-6-11)12-2-1-3-15(24)22(12)13;/h9-13,16H,1-8H2,(H,17,23);1H/t10-,11+,12+,13+;/m1./s1. The lowest BCUT2D eigenvalue weighted by molar-refractivity contribution is -0.149. The van der Waals surface area contributed by atoms with Gasteiger partial charge in [0, 0.05) is 25.6 Å². The number of piperidine rings is 3. The first-order valence-corrected chi connectivity index (χ1v) is 8.71. The Hall–Kier alpha value is -1.74. The molecule has 0 unspecified atom stereocenters. The molecule has 1 aromatic rings. The summed E-state index contributed by atoms with van der Waals surface area (Å²) in [5.74, 6) is 1.09. The van der Waals surface area contributed by atoms with E-state index in [0.717, 1.165) is 32.4 Å². The number of hydrogen-bond acceptors (Lipinski definition) is 6. The van der Waals surface area contributed by atoms with E-state index in [1.54, 1.807) is 0 Å². The van der Waals surface area contributed by atoms with Crippen molar-refractivity contribution in [2.24, 2.45) is 11.8 Å². The van der Waals surface area contributed by atoms with Crippen LogP contribution in [0.15, 0.2) is 6.33 Å². The quantitative estimate of drug-likeness (QED) is 0.720. The van der Waals surface area contributed by atoms with Gasteiger partial charge in [-0.3, -0.25) is 9.59 Å². The molecule has 0 spiro atoms. The normalized spacial score (nSPS) is 31.0. The molecule has 9 nitrogen and oxygen atoms in total. The van der Waals surface area contributed by atoms with Crippen molar-refractivity contribution in [2.75, 3.05) is 19.6 Å². The van der Waals surface area contributed by atoms with Crippen molar-refractivity contribution in [3.8, 4) is 0 Å². The minimum absolute atomic E-state index is 0. The number of hydrogen-bond donors (Lipinski definition) is 2. The maximum atomic E-state index is 12.5. The second-order valence-corrected chi connectivity index (χ2v) is 7.05. The zero-order valence-electron chi connectivity index (χ0n) is 14.0. The van der Waals surface area contributed by atoms with Crippen LogP contribution >= 0.6 is 12.4 Å². The largest absolute Gasteiger partial charge is 0.352 e. The van der Waals surface area contributed by atoms with E-state index in [-0.39, 0.29) is 36.8 Å². The fraction of sp³-hybridized carbons (Fsp3) is 0.800. The lowest BCUT2D eigenvalue weighted by atomic mass is 9.72. The second kappa shape index (κ2) is 7.65. The maximum Gasteiger partial charge on any atom is 0.241 e. The summed E-state index contributed by atoms with van der Waals surface area (Å²) in [7, 11) is 0. The molecule has 1 aromatic heterocycles. The van der Waals surface area contributed by atoms with Crippen molar-refractivity contribution in [3.63, 3.8) is 0 Å². The molecule has 25 heavy (non-hydrogen) atoms. The van der Waals surface area contributed by atoms with E-state index in [1.165, 1.54) is 11.0 Å². The van der Waals surface area contributed by atoms with E-state index in [4.69, 9.17) is 0 Å². The molecule has 3 saturated heterocycles. The lowest BCUT2D eigenvalue weighted by Crippen LogP contribution is -2.66. The zero-order valence-corrected chi connectivity index (χ0v) is 14.8. The number of tetrazole rings is 1. The number of aromatic nitrogens is 4. The van der Waals surface area contributed by atoms with Crippen LogP contribution in [0, 0.1) is 11.8 Å². The fourth-order valence-corrected chi connectivity index (χ4v) is 4.57. The van der Waals surface area contributed by atoms with Crippen LogP contribution in [0.5, 0.6) is 0 Å². The van der Waals surface area contributed by atoms with Gasteiger partial charge in [-0.25, -0.2) is 4.68 Å². The molecule has 4 atom stereocenters. The molecule has 2 bridgehead atoms. The summed E-state index contributed by atoms with van der Waals surface area (Å²) in [4.78, 5) is 26.8. The maximum absolute atomic E-state index is 12.5. The average molecular weight is 370 g/mol. The summed E-state index contributed by atoms with van der Waals surface area (Å²) in [5.41, 5.74) is 0. The van der Waals surface area contributed by atoms with Gasteiger partial charge in [-0.05, 0) is 48.1 Å². The summed E-state index contributed by atoms with van der Waals surface area (Å²) >= 11 is 0. The van der Waals surface area contributed by atoms with E-state index in [1.807, 2.05) is 0 Å². The summed E-state index contributed by atoms with van der Waals surface area (Å²) in [6.07, 6.45) is 5.27. The monoisotopic (exact) mass is 369 g/mol. The highest BCUT2D eigenvalue weighted by Crippen LogP contribution is 2.39. The van der Waals surface area contributed by atoms with Gasteiger partial charge in [-0.2, -0.15) is 0 Å². The minimum Gasteiger partial charge on any atom is -0.352 e. The number of fused-ring (bicyclic) bond motifs is 4. The van der Waals surface area contributed by atoms with E-state index >= 15 is 0 Å². The molecule has 0 radical (unpaired) electrons. The van der Waals surface area contributed by atoms with Crippen molar-refractivity contribution in [3.05, 3.63) is 6.33 Å². The number of rotatable bonds is 4. The lowest BCUT2D eigenvalue weighted by Gasteiger charge is -2.54. The topological polar surface area (TPSA) is 105 Å². The van der Waals surface area contributed by atoms with Crippen LogP contribution in [0.1, 0.15) is 25.7 Å². The van der Waals surface area contributed by atoms with Gasteiger partial charge < -0.3 is 15.5 Å². The Morgan fingerprint density at radius 1 is 1.36 bits per heavy atom. The fourth-order valence-electron chi connectivity index (χ4n) is 4.57. The van der Waals surface area contributed by atoms with E-state index < -0.39 is 0 Å². The van der Waals surface area contributed by atoms with E-state index in [9.17, 15) is 9.59 Å². The van der Waals surface area contributed by atoms with Crippen LogP contribution in [0.2, 0.25) is 0 Å². The Morgan fingerprint density at radius 3 is 3.00 bits per heavy atom. The molecule has 2 amide bonds. The van der Waals surface area contributed by atoms with Gasteiger partial charge >= 0.3 is 0 Å².